The number of rotatable bonds is 7. The van der Waals surface area contributed by atoms with Gasteiger partial charge >= 0.3 is 0 Å². The van der Waals surface area contributed by atoms with Crippen molar-refractivity contribution in [1.82, 2.24) is 9.55 Å². The Hall–Kier alpha value is -3.49. The number of amidine groups is 1. The van der Waals surface area contributed by atoms with Crippen LogP contribution in [-0.4, -0.2) is 44.4 Å². The molecule has 4 rings (SSSR count). The highest BCUT2D eigenvalue weighted by atomic mass is 32.2. The topological polar surface area (TPSA) is 160 Å². The van der Waals surface area contributed by atoms with E-state index in [2.05, 4.69) is 19.0 Å². The lowest BCUT2D eigenvalue weighted by Crippen LogP contribution is -2.33. The second-order valence-electron chi connectivity index (χ2n) is 8.26. The van der Waals surface area contributed by atoms with Gasteiger partial charge in [-0.15, -0.1) is 4.40 Å². The standard InChI is InChI=1S/C21H23N5O7S2/c1-12(2)8-10-26-20-14(5-4-9-22-20)18(27)17(21(26)28)19-23-15-7-6-13(25(3)33-34(29)30)11-16(15)35(31,32)24-19/h4-7,9,11-12,27,34H,8,10H2,1-3H3,(H,23,24). The average Bonchev–Trinajstić information content (AvgIpc) is 2.78. The molecule has 2 aromatic heterocycles. The van der Waals surface area contributed by atoms with Crippen molar-refractivity contribution in [3.05, 3.63) is 52.4 Å². The van der Waals surface area contributed by atoms with Crippen molar-refractivity contribution in [2.75, 3.05) is 17.4 Å². The van der Waals surface area contributed by atoms with Gasteiger partial charge in [-0.2, -0.15) is 12.7 Å². The van der Waals surface area contributed by atoms with E-state index in [-0.39, 0.29) is 44.6 Å². The smallest absolute Gasteiger partial charge is 0.286 e. The number of hydrogen-bond acceptors (Lipinski definition) is 10. The van der Waals surface area contributed by atoms with Crippen LogP contribution < -0.4 is 15.9 Å². The highest BCUT2D eigenvalue weighted by molar-refractivity contribution is 7.90. The Labute approximate surface area is 202 Å². The van der Waals surface area contributed by atoms with Crippen LogP contribution in [0.5, 0.6) is 5.75 Å². The van der Waals surface area contributed by atoms with E-state index >= 15 is 0 Å². The number of sulfonamides is 1. The van der Waals surface area contributed by atoms with Gasteiger partial charge in [-0.25, -0.2) is 18.5 Å². The second-order valence-corrected chi connectivity index (χ2v) is 10.4. The molecule has 186 valence electrons. The quantitative estimate of drug-likeness (QED) is 0.308. The van der Waals surface area contributed by atoms with E-state index in [0.717, 1.165) is 5.06 Å². The van der Waals surface area contributed by atoms with Gasteiger partial charge in [0.1, 0.15) is 21.9 Å². The normalized spacial score (nSPS) is 14.6. The molecule has 0 aliphatic carbocycles. The van der Waals surface area contributed by atoms with Crippen LogP contribution in [0.1, 0.15) is 25.8 Å². The minimum absolute atomic E-state index is 0.0949. The monoisotopic (exact) mass is 521 g/mol. The van der Waals surface area contributed by atoms with E-state index < -0.39 is 32.3 Å². The van der Waals surface area contributed by atoms with E-state index in [4.69, 9.17) is 0 Å². The molecule has 0 saturated heterocycles. The van der Waals surface area contributed by atoms with Gasteiger partial charge in [-0.05, 0) is 42.7 Å². The van der Waals surface area contributed by atoms with E-state index in [9.17, 15) is 26.7 Å². The number of aryl methyl sites for hydroxylation is 1. The molecule has 12 nitrogen and oxygen atoms in total. The summed E-state index contributed by atoms with van der Waals surface area (Å²) in [7, 11) is -6.24. The third-order valence-corrected chi connectivity index (χ3v) is 7.12. The molecule has 3 aromatic rings. The minimum atomic E-state index is -4.33. The molecule has 0 saturated carbocycles. The van der Waals surface area contributed by atoms with Crippen LogP contribution in [0.3, 0.4) is 0 Å². The molecule has 0 radical (unpaired) electrons. The molecule has 1 aliphatic rings. The van der Waals surface area contributed by atoms with Crippen molar-refractivity contribution in [2.45, 2.75) is 31.7 Å². The lowest BCUT2D eigenvalue weighted by atomic mass is 10.1. The number of aromatic nitrogens is 2. The predicted molar refractivity (Wildman–Crippen MR) is 131 cm³/mol. The molecule has 2 N–H and O–H groups in total. The minimum Gasteiger partial charge on any atom is -0.506 e. The SMILES string of the molecule is CC(C)CCn1c(=O)c(C2=NS(=O)(=O)c3cc(N(C)O[SH](=O)=O)ccc3N2)c(O)c2cccnc21. The summed E-state index contributed by atoms with van der Waals surface area (Å²) in [6.07, 6.45) is 2.16. The Balaban J connectivity index is 1.86. The number of nitrogens with zero attached hydrogens (tertiary/aromatic N) is 4. The Morgan fingerprint density at radius 3 is 2.69 bits per heavy atom. The highest BCUT2D eigenvalue weighted by Gasteiger charge is 2.30. The molecule has 3 heterocycles. The van der Waals surface area contributed by atoms with Crippen LogP contribution in [0.4, 0.5) is 11.4 Å². The Morgan fingerprint density at radius 2 is 2.00 bits per heavy atom. The molecular formula is C21H23N5O7S2. The van der Waals surface area contributed by atoms with Gasteiger partial charge in [0.05, 0.1) is 16.8 Å². The summed E-state index contributed by atoms with van der Waals surface area (Å²) < 4.78 is 57.4. The number of aromatic hydroxyl groups is 1. The van der Waals surface area contributed by atoms with Gasteiger partial charge in [0.25, 0.3) is 26.6 Å². The highest BCUT2D eigenvalue weighted by Crippen LogP contribution is 2.34. The molecule has 14 heteroatoms. The molecule has 35 heavy (non-hydrogen) atoms. The van der Waals surface area contributed by atoms with Crippen LogP contribution in [0, 0.1) is 5.92 Å². The zero-order valence-electron chi connectivity index (χ0n) is 19.0. The third kappa shape index (κ3) is 4.72. The summed E-state index contributed by atoms with van der Waals surface area (Å²) in [5.74, 6) is -0.483. The summed E-state index contributed by atoms with van der Waals surface area (Å²) in [6.45, 7) is 4.32. The molecule has 0 atom stereocenters. The fourth-order valence-electron chi connectivity index (χ4n) is 3.67. The van der Waals surface area contributed by atoms with E-state index in [1.165, 1.54) is 36.0 Å². The van der Waals surface area contributed by atoms with Crippen molar-refractivity contribution < 1.29 is 26.2 Å². The molecule has 0 bridgehead atoms. The van der Waals surface area contributed by atoms with Gasteiger partial charge in [0.2, 0.25) is 0 Å². The number of benzene rings is 1. The zero-order chi connectivity index (χ0) is 25.5. The predicted octanol–water partition coefficient (Wildman–Crippen LogP) is 1.60. The maximum Gasteiger partial charge on any atom is 0.286 e. The molecular weight excluding hydrogens is 498 g/mol. The Morgan fingerprint density at radius 1 is 1.26 bits per heavy atom. The first-order valence-electron chi connectivity index (χ1n) is 10.5. The first-order valence-corrected chi connectivity index (χ1v) is 13.1. The van der Waals surface area contributed by atoms with Crippen LogP contribution in [-0.2, 0) is 31.8 Å². The summed E-state index contributed by atoms with van der Waals surface area (Å²) in [4.78, 5) is 17.4. The average molecular weight is 522 g/mol. The summed E-state index contributed by atoms with van der Waals surface area (Å²) in [6, 6.07) is 7.17. The number of fused-ring (bicyclic) bond motifs is 2. The molecule has 0 spiro atoms. The van der Waals surface area contributed by atoms with Crippen molar-refractivity contribution in [3.8, 4) is 5.75 Å². The first-order chi connectivity index (χ1) is 16.5. The summed E-state index contributed by atoms with van der Waals surface area (Å²) >= 11 is 0. The molecule has 1 aliphatic heterocycles. The second kappa shape index (κ2) is 9.28. The lowest BCUT2D eigenvalue weighted by molar-refractivity contribution is 0.320. The van der Waals surface area contributed by atoms with Gasteiger partial charge in [-0.1, -0.05) is 13.8 Å². The Bertz CT molecular complexity index is 1590. The van der Waals surface area contributed by atoms with Crippen molar-refractivity contribution >= 4 is 49.3 Å². The molecule has 0 unspecified atom stereocenters. The van der Waals surface area contributed by atoms with Crippen molar-refractivity contribution in [3.63, 3.8) is 0 Å². The fourth-order valence-corrected chi connectivity index (χ4v) is 5.11. The van der Waals surface area contributed by atoms with Crippen LogP contribution in [0.15, 0.2) is 50.6 Å². The van der Waals surface area contributed by atoms with E-state index in [1.807, 2.05) is 13.8 Å². The third-order valence-electron chi connectivity index (χ3n) is 5.42. The van der Waals surface area contributed by atoms with Gasteiger partial charge in [-0.3, -0.25) is 9.36 Å². The van der Waals surface area contributed by atoms with Gasteiger partial charge in [0.15, 0.2) is 5.84 Å². The molecule has 1 aromatic carbocycles. The summed E-state index contributed by atoms with van der Waals surface area (Å²) in [5.41, 5.74) is -0.414. The van der Waals surface area contributed by atoms with Crippen LogP contribution in [0.2, 0.25) is 0 Å². The van der Waals surface area contributed by atoms with Crippen LogP contribution in [0.25, 0.3) is 11.0 Å². The van der Waals surface area contributed by atoms with Gasteiger partial charge in [0, 0.05) is 19.8 Å². The zero-order valence-corrected chi connectivity index (χ0v) is 20.7. The van der Waals surface area contributed by atoms with Gasteiger partial charge < -0.3 is 10.4 Å². The van der Waals surface area contributed by atoms with Crippen molar-refractivity contribution in [1.29, 1.82) is 0 Å². The van der Waals surface area contributed by atoms with Crippen molar-refractivity contribution in [2.24, 2.45) is 10.3 Å². The van der Waals surface area contributed by atoms with E-state index in [0.29, 0.717) is 13.0 Å². The Kier molecular flexibility index (Phi) is 6.53. The lowest BCUT2D eigenvalue weighted by Gasteiger charge is -2.22. The number of hydrogen-bond donors (Lipinski definition) is 3. The van der Waals surface area contributed by atoms with E-state index in [1.54, 1.807) is 12.1 Å². The number of hydroxylamine groups is 1. The summed E-state index contributed by atoms with van der Waals surface area (Å²) in [5, 5.41) is 14.9. The molecule has 0 fully saturated rings. The fraction of sp³-hybridized carbons (Fsp3) is 0.286. The number of nitrogens with one attached hydrogen (secondary N) is 1. The maximum absolute atomic E-state index is 13.5. The maximum atomic E-state index is 13.5. The van der Waals surface area contributed by atoms with Crippen LogP contribution >= 0.6 is 0 Å². The number of anilines is 2. The molecule has 0 amide bonds. The largest absolute Gasteiger partial charge is 0.506 e. The number of thiol groups is 1. The number of pyridine rings is 2. The first kappa shape index (κ1) is 24.6.